The summed E-state index contributed by atoms with van der Waals surface area (Å²) in [5, 5.41) is 28.9. The summed E-state index contributed by atoms with van der Waals surface area (Å²) < 4.78 is 15.6. The number of aliphatic hydroxyl groups excluding tert-OH is 3. The largest absolute Gasteiger partial charge is 0.505 e. The Balaban J connectivity index is 1.40. The van der Waals surface area contributed by atoms with Gasteiger partial charge < -0.3 is 29.5 Å². The van der Waals surface area contributed by atoms with E-state index in [0.717, 1.165) is 11.1 Å². The highest BCUT2D eigenvalue weighted by molar-refractivity contribution is 5.89. The summed E-state index contributed by atoms with van der Waals surface area (Å²) in [7, 11) is 0. The number of fused-ring (bicyclic) bond motifs is 2. The minimum absolute atomic E-state index is 0.530. The molecule has 0 bridgehead atoms. The molecule has 0 fully saturated rings. The van der Waals surface area contributed by atoms with Crippen molar-refractivity contribution >= 4 is 11.9 Å². The molecule has 0 saturated carbocycles. The molecule has 3 N–H and O–H groups in total. The fourth-order valence-electron chi connectivity index (χ4n) is 3.28. The van der Waals surface area contributed by atoms with Crippen LogP contribution in [0, 0.1) is 0 Å². The third-order valence-electron chi connectivity index (χ3n) is 5.07. The Morgan fingerprint density at radius 3 is 2.83 bits per heavy atom. The number of pyridine rings is 1. The third kappa shape index (κ3) is 3.55. The fraction of sp³-hybridized carbons (Fsp3) is 0.286. The Bertz CT molecular complexity index is 1050. The standard InChI is InChI=1S/C21H19NO8/c1-10(20(26)28-9-14(23)18-16(24)17(25)21(27)30-18)11-4-5-12-7-13-3-2-6-22-19(13)29-15(12)8-11/h2-6,8,10,14,18,23-25H,7,9H2,1H3/t10?,14-,18+/m0/s1. The maximum Gasteiger partial charge on any atom is 0.377 e. The molecule has 1 aromatic carbocycles. The summed E-state index contributed by atoms with van der Waals surface area (Å²) in [5.41, 5.74) is 2.61. The molecular weight excluding hydrogens is 394 g/mol. The first kappa shape index (κ1) is 19.7. The smallest absolute Gasteiger partial charge is 0.377 e. The van der Waals surface area contributed by atoms with Crippen molar-refractivity contribution in [2.75, 3.05) is 6.61 Å². The lowest BCUT2D eigenvalue weighted by Gasteiger charge is -2.21. The van der Waals surface area contributed by atoms with Gasteiger partial charge >= 0.3 is 11.9 Å². The monoisotopic (exact) mass is 413 g/mol. The molecule has 2 aromatic rings. The SMILES string of the molecule is CC(C(=O)OC[C@H](O)[C@H]1OC(=O)C(O)=C1O)c1ccc2c(c1)Oc1ncccc1C2. The molecule has 1 unspecified atom stereocenters. The quantitative estimate of drug-likeness (QED) is 0.537. The van der Waals surface area contributed by atoms with Crippen molar-refractivity contribution in [2.24, 2.45) is 0 Å². The van der Waals surface area contributed by atoms with Gasteiger partial charge in [-0.15, -0.1) is 0 Å². The Hall–Kier alpha value is -3.59. The number of hydrogen-bond donors (Lipinski definition) is 3. The molecule has 3 atom stereocenters. The van der Waals surface area contributed by atoms with Crippen molar-refractivity contribution in [1.82, 2.24) is 4.98 Å². The van der Waals surface area contributed by atoms with E-state index in [9.17, 15) is 24.9 Å². The Labute approximate surface area is 171 Å². The second-order valence-electron chi connectivity index (χ2n) is 7.09. The number of rotatable bonds is 5. The number of cyclic esters (lactones) is 1. The van der Waals surface area contributed by atoms with Gasteiger partial charge in [-0.3, -0.25) is 4.79 Å². The predicted octanol–water partition coefficient (Wildman–Crippen LogP) is 2.04. The van der Waals surface area contributed by atoms with Crippen LogP contribution in [0.25, 0.3) is 0 Å². The molecule has 3 heterocycles. The molecule has 30 heavy (non-hydrogen) atoms. The average Bonchev–Trinajstić information content (AvgIpc) is 3.02. The number of hydrogen-bond acceptors (Lipinski definition) is 9. The highest BCUT2D eigenvalue weighted by atomic mass is 16.6. The molecule has 156 valence electrons. The van der Waals surface area contributed by atoms with Gasteiger partial charge in [0.25, 0.3) is 0 Å². The molecule has 0 amide bonds. The Kier molecular flexibility index (Phi) is 5.04. The number of carbonyl (C=O) groups excluding carboxylic acids is 2. The second-order valence-corrected chi connectivity index (χ2v) is 7.09. The van der Waals surface area contributed by atoms with Gasteiger partial charge in [0.1, 0.15) is 18.5 Å². The van der Waals surface area contributed by atoms with Gasteiger partial charge in [0.05, 0.1) is 5.92 Å². The molecule has 0 spiro atoms. The number of aromatic nitrogens is 1. The normalized spacial score (nSPS) is 19.3. The predicted molar refractivity (Wildman–Crippen MR) is 101 cm³/mol. The zero-order valence-corrected chi connectivity index (χ0v) is 15.9. The number of carbonyl (C=O) groups is 2. The van der Waals surface area contributed by atoms with Crippen LogP contribution in [-0.4, -0.2) is 51.1 Å². The first-order valence-corrected chi connectivity index (χ1v) is 9.27. The minimum atomic E-state index is -1.52. The van der Waals surface area contributed by atoms with E-state index < -0.39 is 48.2 Å². The zero-order valence-electron chi connectivity index (χ0n) is 15.9. The van der Waals surface area contributed by atoms with Gasteiger partial charge in [0, 0.05) is 18.2 Å². The minimum Gasteiger partial charge on any atom is -0.505 e. The Morgan fingerprint density at radius 2 is 2.10 bits per heavy atom. The molecule has 4 rings (SSSR count). The number of aliphatic hydroxyl groups is 3. The lowest BCUT2D eigenvalue weighted by atomic mass is 9.96. The van der Waals surface area contributed by atoms with Crippen LogP contribution in [0.1, 0.15) is 29.5 Å². The molecule has 2 aliphatic rings. The maximum atomic E-state index is 12.4. The van der Waals surface area contributed by atoms with Crippen molar-refractivity contribution in [1.29, 1.82) is 0 Å². The number of benzene rings is 1. The summed E-state index contributed by atoms with van der Waals surface area (Å²) in [6.07, 6.45) is -0.685. The van der Waals surface area contributed by atoms with E-state index >= 15 is 0 Å². The summed E-state index contributed by atoms with van der Waals surface area (Å²) >= 11 is 0. The van der Waals surface area contributed by atoms with Crippen molar-refractivity contribution in [3.05, 3.63) is 64.7 Å². The van der Waals surface area contributed by atoms with Gasteiger partial charge in [0.2, 0.25) is 11.6 Å². The first-order valence-electron chi connectivity index (χ1n) is 9.27. The molecule has 0 saturated heterocycles. The highest BCUT2D eigenvalue weighted by Gasteiger charge is 2.40. The first-order chi connectivity index (χ1) is 14.3. The van der Waals surface area contributed by atoms with E-state index in [1.165, 1.54) is 0 Å². The molecule has 0 aliphatic carbocycles. The average molecular weight is 413 g/mol. The zero-order chi connectivity index (χ0) is 21.4. The molecule has 9 heteroatoms. The summed E-state index contributed by atoms with van der Waals surface area (Å²) in [4.78, 5) is 27.8. The molecule has 9 nitrogen and oxygen atoms in total. The van der Waals surface area contributed by atoms with E-state index in [1.54, 1.807) is 25.3 Å². The van der Waals surface area contributed by atoms with E-state index in [2.05, 4.69) is 9.72 Å². The van der Waals surface area contributed by atoms with E-state index in [4.69, 9.17) is 9.47 Å². The summed E-state index contributed by atoms with van der Waals surface area (Å²) in [5.74, 6) is -3.06. The van der Waals surface area contributed by atoms with E-state index in [-0.39, 0.29) is 0 Å². The third-order valence-corrected chi connectivity index (χ3v) is 5.07. The molecule has 1 aromatic heterocycles. The van der Waals surface area contributed by atoms with Crippen molar-refractivity contribution < 1.29 is 39.1 Å². The van der Waals surface area contributed by atoms with Crippen LogP contribution in [0.4, 0.5) is 0 Å². The summed E-state index contributed by atoms with van der Waals surface area (Å²) in [6, 6.07) is 9.22. The van der Waals surface area contributed by atoms with Crippen LogP contribution in [-0.2, 0) is 25.5 Å². The topological polar surface area (TPSA) is 135 Å². The van der Waals surface area contributed by atoms with Crippen LogP contribution < -0.4 is 4.74 Å². The van der Waals surface area contributed by atoms with Gasteiger partial charge in [-0.1, -0.05) is 18.2 Å². The highest BCUT2D eigenvalue weighted by Crippen LogP contribution is 2.36. The van der Waals surface area contributed by atoms with E-state index in [0.29, 0.717) is 23.6 Å². The Morgan fingerprint density at radius 1 is 1.30 bits per heavy atom. The van der Waals surface area contributed by atoms with Gasteiger partial charge in [-0.2, -0.15) is 0 Å². The lowest BCUT2D eigenvalue weighted by molar-refractivity contribution is -0.155. The van der Waals surface area contributed by atoms with Crippen molar-refractivity contribution in [2.45, 2.75) is 31.5 Å². The fourth-order valence-corrected chi connectivity index (χ4v) is 3.28. The van der Waals surface area contributed by atoms with Gasteiger partial charge in [0.15, 0.2) is 11.9 Å². The maximum absolute atomic E-state index is 12.4. The van der Waals surface area contributed by atoms with Crippen LogP contribution >= 0.6 is 0 Å². The van der Waals surface area contributed by atoms with Crippen LogP contribution in [0.15, 0.2) is 48.0 Å². The van der Waals surface area contributed by atoms with Crippen LogP contribution in [0.3, 0.4) is 0 Å². The molecular formula is C21H19NO8. The van der Waals surface area contributed by atoms with E-state index in [1.807, 2.05) is 18.2 Å². The van der Waals surface area contributed by atoms with Crippen LogP contribution in [0.2, 0.25) is 0 Å². The number of ether oxygens (including phenoxy) is 3. The molecule has 0 radical (unpaired) electrons. The van der Waals surface area contributed by atoms with Crippen LogP contribution in [0.5, 0.6) is 11.6 Å². The molecule has 2 aliphatic heterocycles. The number of nitrogens with zero attached hydrogens (tertiary/aromatic N) is 1. The lowest BCUT2D eigenvalue weighted by Crippen LogP contribution is -2.34. The number of esters is 2. The van der Waals surface area contributed by atoms with Gasteiger partial charge in [-0.05, 0) is 30.2 Å². The summed E-state index contributed by atoms with van der Waals surface area (Å²) in [6.45, 7) is 1.11. The van der Waals surface area contributed by atoms with Crippen molar-refractivity contribution in [3.8, 4) is 11.6 Å². The van der Waals surface area contributed by atoms with Crippen molar-refractivity contribution in [3.63, 3.8) is 0 Å². The second kappa shape index (κ2) is 7.68. The van der Waals surface area contributed by atoms with Gasteiger partial charge in [-0.25, -0.2) is 9.78 Å².